The van der Waals surface area contributed by atoms with Gasteiger partial charge in [-0.15, -0.1) is 11.3 Å². The molecule has 96 valence electrons. The summed E-state index contributed by atoms with van der Waals surface area (Å²) in [4.78, 5) is 8.05. The van der Waals surface area contributed by atoms with Crippen molar-refractivity contribution in [2.45, 2.75) is 13.0 Å². The van der Waals surface area contributed by atoms with Crippen LogP contribution in [0.25, 0.3) is 0 Å². The Morgan fingerprint density at radius 3 is 3.06 bits per heavy atom. The molecule has 1 N–H and O–H groups in total. The van der Waals surface area contributed by atoms with Crippen LogP contribution in [0.2, 0.25) is 0 Å². The summed E-state index contributed by atoms with van der Waals surface area (Å²) in [6.45, 7) is 4.93. The minimum absolute atomic E-state index is 0.725. The summed E-state index contributed by atoms with van der Waals surface area (Å²) < 4.78 is 5.30. The minimum atomic E-state index is 0.725. The maximum atomic E-state index is 5.30. The molecule has 18 heavy (non-hydrogen) atoms. The lowest BCUT2D eigenvalue weighted by atomic mass is 10.3. The normalized spacial score (nSPS) is 17.1. The average molecular weight is 264 g/mol. The Hall–Kier alpha value is -1.24. The first kappa shape index (κ1) is 11.8. The average Bonchev–Trinajstić information content (AvgIpc) is 3.03. The van der Waals surface area contributed by atoms with E-state index in [4.69, 9.17) is 4.52 Å². The van der Waals surface area contributed by atoms with E-state index in [1.807, 2.05) is 6.07 Å². The van der Waals surface area contributed by atoms with E-state index in [1.165, 1.54) is 4.88 Å². The van der Waals surface area contributed by atoms with Gasteiger partial charge in [0, 0.05) is 37.5 Å². The highest BCUT2D eigenvalue weighted by molar-refractivity contribution is 7.09. The van der Waals surface area contributed by atoms with Crippen molar-refractivity contribution in [3.05, 3.63) is 34.1 Å². The Morgan fingerprint density at radius 1 is 1.39 bits per heavy atom. The summed E-state index contributed by atoms with van der Waals surface area (Å²) in [7, 11) is 0. The van der Waals surface area contributed by atoms with E-state index in [0.717, 1.165) is 50.9 Å². The van der Waals surface area contributed by atoms with Gasteiger partial charge < -0.3 is 9.84 Å². The second kappa shape index (κ2) is 5.60. The van der Waals surface area contributed by atoms with Crippen LogP contribution in [-0.2, 0) is 13.0 Å². The SMILES string of the molecule is c1csc(Cc2noc(CN3CCNCC3)n2)c1. The van der Waals surface area contributed by atoms with Gasteiger partial charge in [0.15, 0.2) is 5.82 Å². The number of nitrogens with zero attached hydrogens (tertiary/aromatic N) is 3. The van der Waals surface area contributed by atoms with E-state index in [-0.39, 0.29) is 0 Å². The zero-order valence-electron chi connectivity index (χ0n) is 10.1. The largest absolute Gasteiger partial charge is 0.338 e. The number of nitrogens with one attached hydrogen (secondary N) is 1. The fraction of sp³-hybridized carbons (Fsp3) is 0.500. The van der Waals surface area contributed by atoms with Crippen molar-refractivity contribution in [2.24, 2.45) is 0 Å². The Kier molecular flexibility index (Phi) is 3.68. The highest BCUT2D eigenvalue weighted by Crippen LogP contribution is 2.13. The van der Waals surface area contributed by atoms with Gasteiger partial charge in [-0.1, -0.05) is 11.2 Å². The number of hydrogen-bond donors (Lipinski definition) is 1. The molecule has 0 unspecified atom stereocenters. The van der Waals surface area contributed by atoms with Crippen molar-refractivity contribution in [2.75, 3.05) is 26.2 Å². The molecular formula is C12H16N4OS. The summed E-state index contributed by atoms with van der Waals surface area (Å²) in [5, 5.41) is 9.43. The lowest BCUT2D eigenvalue weighted by Gasteiger charge is -2.25. The van der Waals surface area contributed by atoms with Gasteiger partial charge in [-0.3, -0.25) is 4.90 Å². The first-order chi connectivity index (χ1) is 8.90. The Morgan fingerprint density at radius 2 is 2.28 bits per heavy atom. The van der Waals surface area contributed by atoms with Crippen LogP contribution in [0.5, 0.6) is 0 Å². The third kappa shape index (κ3) is 2.95. The summed E-state index contributed by atoms with van der Waals surface area (Å²) >= 11 is 1.72. The van der Waals surface area contributed by atoms with Crippen molar-refractivity contribution >= 4 is 11.3 Å². The number of aromatic nitrogens is 2. The quantitative estimate of drug-likeness (QED) is 0.897. The molecule has 0 saturated carbocycles. The van der Waals surface area contributed by atoms with Crippen LogP contribution in [0.15, 0.2) is 22.0 Å². The minimum Gasteiger partial charge on any atom is -0.338 e. The topological polar surface area (TPSA) is 54.2 Å². The molecule has 5 nitrogen and oxygen atoms in total. The number of thiophene rings is 1. The molecule has 0 bridgehead atoms. The van der Waals surface area contributed by atoms with Gasteiger partial charge in [-0.05, 0) is 11.4 Å². The lowest BCUT2D eigenvalue weighted by molar-refractivity contribution is 0.203. The van der Waals surface area contributed by atoms with E-state index >= 15 is 0 Å². The number of rotatable bonds is 4. The van der Waals surface area contributed by atoms with E-state index in [1.54, 1.807) is 11.3 Å². The molecule has 0 aliphatic carbocycles. The van der Waals surface area contributed by atoms with E-state index in [2.05, 4.69) is 31.8 Å². The van der Waals surface area contributed by atoms with Crippen LogP contribution in [0.4, 0.5) is 0 Å². The highest BCUT2D eigenvalue weighted by atomic mass is 32.1. The molecule has 1 aliphatic rings. The maximum absolute atomic E-state index is 5.30. The van der Waals surface area contributed by atoms with Gasteiger partial charge in [0.25, 0.3) is 0 Å². The van der Waals surface area contributed by atoms with Gasteiger partial charge in [-0.25, -0.2) is 0 Å². The third-order valence-electron chi connectivity index (χ3n) is 2.99. The third-order valence-corrected chi connectivity index (χ3v) is 3.87. The number of hydrogen-bond acceptors (Lipinski definition) is 6. The monoisotopic (exact) mass is 264 g/mol. The standard InChI is InChI=1S/C12H16N4OS/c1-2-10(18-7-1)8-11-14-12(17-15-11)9-16-5-3-13-4-6-16/h1-2,7,13H,3-6,8-9H2. The molecule has 0 spiro atoms. The molecule has 0 atom stereocenters. The lowest BCUT2D eigenvalue weighted by Crippen LogP contribution is -2.42. The first-order valence-corrected chi connectivity index (χ1v) is 7.05. The summed E-state index contributed by atoms with van der Waals surface area (Å²) in [6.07, 6.45) is 0.767. The Bertz CT molecular complexity index is 476. The zero-order valence-corrected chi connectivity index (χ0v) is 10.9. The molecule has 0 aromatic carbocycles. The zero-order chi connectivity index (χ0) is 12.2. The molecule has 0 amide bonds. The van der Waals surface area contributed by atoms with E-state index < -0.39 is 0 Å². The molecular weight excluding hydrogens is 248 g/mol. The Labute approximate surface area is 110 Å². The molecule has 6 heteroatoms. The van der Waals surface area contributed by atoms with Crippen LogP contribution in [0.1, 0.15) is 16.6 Å². The molecule has 3 heterocycles. The second-order valence-electron chi connectivity index (χ2n) is 4.39. The summed E-state index contributed by atoms with van der Waals surface area (Å²) in [5.41, 5.74) is 0. The van der Waals surface area contributed by atoms with Crippen molar-refractivity contribution in [3.8, 4) is 0 Å². The van der Waals surface area contributed by atoms with Gasteiger partial charge >= 0.3 is 0 Å². The molecule has 1 aliphatic heterocycles. The van der Waals surface area contributed by atoms with E-state index in [9.17, 15) is 0 Å². The summed E-state index contributed by atoms with van der Waals surface area (Å²) in [6, 6.07) is 4.14. The number of piperazine rings is 1. The van der Waals surface area contributed by atoms with Crippen LogP contribution >= 0.6 is 11.3 Å². The molecule has 1 fully saturated rings. The predicted molar refractivity (Wildman–Crippen MR) is 69.6 cm³/mol. The van der Waals surface area contributed by atoms with E-state index in [0.29, 0.717) is 0 Å². The summed E-state index contributed by atoms with van der Waals surface area (Å²) in [5.74, 6) is 1.51. The fourth-order valence-corrected chi connectivity index (χ4v) is 2.76. The van der Waals surface area contributed by atoms with Crippen LogP contribution in [0.3, 0.4) is 0 Å². The fourth-order valence-electron chi connectivity index (χ4n) is 2.06. The first-order valence-electron chi connectivity index (χ1n) is 6.17. The van der Waals surface area contributed by atoms with Gasteiger partial charge in [-0.2, -0.15) is 4.98 Å². The molecule has 2 aromatic rings. The van der Waals surface area contributed by atoms with Crippen molar-refractivity contribution in [1.82, 2.24) is 20.4 Å². The van der Waals surface area contributed by atoms with Crippen molar-refractivity contribution < 1.29 is 4.52 Å². The van der Waals surface area contributed by atoms with Crippen molar-refractivity contribution in [3.63, 3.8) is 0 Å². The van der Waals surface area contributed by atoms with Gasteiger partial charge in [0.05, 0.1) is 6.54 Å². The second-order valence-corrected chi connectivity index (χ2v) is 5.42. The molecule has 2 aromatic heterocycles. The predicted octanol–water partition coefficient (Wildman–Crippen LogP) is 1.13. The van der Waals surface area contributed by atoms with Crippen LogP contribution < -0.4 is 5.32 Å². The maximum Gasteiger partial charge on any atom is 0.240 e. The van der Waals surface area contributed by atoms with Gasteiger partial charge in [0.2, 0.25) is 5.89 Å². The molecule has 3 rings (SSSR count). The highest BCUT2D eigenvalue weighted by Gasteiger charge is 2.14. The Balaban J connectivity index is 1.59. The molecule has 1 saturated heterocycles. The smallest absolute Gasteiger partial charge is 0.240 e. The van der Waals surface area contributed by atoms with Crippen LogP contribution in [-0.4, -0.2) is 41.2 Å². The van der Waals surface area contributed by atoms with Crippen LogP contribution in [0, 0.1) is 0 Å². The molecule has 0 radical (unpaired) electrons. The van der Waals surface area contributed by atoms with Gasteiger partial charge in [0.1, 0.15) is 0 Å². The van der Waals surface area contributed by atoms with Crippen molar-refractivity contribution in [1.29, 1.82) is 0 Å².